The fourth-order valence-corrected chi connectivity index (χ4v) is 5.32. The van der Waals surface area contributed by atoms with Gasteiger partial charge in [0, 0.05) is 0 Å². The molecule has 0 aromatic heterocycles. The fraction of sp³-hybridized carbons (Fsp3) is 0.800. The first-order chi connectivity index (χ1) is 9.81. The van der Waals surface area contributed by atoms with E-state index in [1.54, 1.807) is 5.57 Å². The third-order valence-corrected chi connectivity index (χ3v) is 6.56. The summed E-state index contributed by atoms with van der Waals surface area (Å²) in [6.07, 6.45) is 12.3. The van der Waals surface area contributed by atoms with Gasteiger partial charge in [-0.3, -0.25) is 0 Å². The molecule has 0 spiro atoms. The van der Waals surface area contributed by atoms with Crippen LogP contribution in [0.15, 0.2) is 23.3 Å². The summed E-state index contributed by atoms with van der Waals surface area (Å²) in [7, 11) is 0. The molecule has 2 aliphatic carbocycles. The third kappa shape index (κ3) is 3.28. The Bertz CT molecular complexity index is 429. The summed E-state index contributed by atoms with van der Waals surface area (Å²) >= 11 is 0. The predicted molar refractivity (Wildman–Crippen MR) is 91.2 cm³/mol. The van der Waals surface area contributed by atoms with Crippen molar-refractivity contribution < 1.29 is 5.11 Å². The van der Waals surface area contributed by atoms with Crippen LogP contribution >= 0.6 is 0 Å². The number of rotatable bonds is 4. The van der Waals surface area contributed by atoms with Gasteiger partial charge in [-0.05, 0) is 68.6 Å². The Morgan fingerprint density at radius 1 is 1.33 bits per heavy atom. The number of allylic oxidation sites excluding steroid dienone is 3. The van der Waals surface area contributed by atoms with Crippen molar-refractivity contribution in [3.05, 3.63) is 23.3 Å². The Morgan fingerprint density at radius 3 is 2.71 bits per heavy atom. The van der Waals surface area contributed by atoms with Crippen LogP contribution in [0.1, 0.15) is 73.1 Å². The smallest absolute Gasteiger partial charge is 0.0614 e. The number of aliphatic hydroxyl groups is 1. The van der Waals surface area contributed by atoms with Crippen molar-refractivity contribution in [2.45, 2.75) is 73.1 Å². The van der Waals surface area contributed by atoms with Crippen LogP contribution in [0, 0.1) is 22.7 Å². The molecule has 1 nitrogen and oxygen atoms in total. The molecule has 120 valence electrons. The molecule has 3 unspecified atom stereocenters. The molecular formula is C20H34O. The van der Waals surface area contributed by atoms with E-state index in [0.717, 1.165) is 18.3 Å². The SMILES string of the molecule is CC(=CCO)CCC1C(C)=CCC2C(C)(C)CCCC12C. The highest BCUT2D eigenvalue weighted by Gasteiger charge is 2.51. The van der Waals surface area contributed by atoms with Gasteiger partial charge in [0.1, 0.15) is 0 Å². The molecule has 0 aromatic carbocycles. The van der Waals surface area contributed by atoms with E-state index in [9.17, 15) is 0 Å². The van der Waals surface area contributed by atoms with Gasteiger partial charge in [0.2, 0.25) is 0 Å². The molecule has 0 heterocycles. The molecule has 0 aromatic rings. The Kier molecular flexibility index (Phi) is 5.03. The highest BCUT2D eigenvalue weighted by Crippen LogP contribution is 2.60. The topological polar surface area (TPSA) is 20.2 Å². The van der Waals surface area contributed by atoms with Crippen molar-refractivity contribution in [1.29, 1.82) is 0 Å². The summed E-state index contributed by atoms with van der Waals surface area (Å²) in [6, 6.07) is 0. The van der Waals surface area contributed by atoms with E-state index < -0.39 is 0 Å². The molecular weight excluding hydrogens is 256 g/mol. The van der Waals surface area contributed by atoms with Crippen LogP contribution < -0.4 is 0 Å². The fourth-order valence-electron chi connectivity index (χ4n) is 5.32. The van der Waals surface area contributed by atoms with Crippen molar-refractivity contribution in [2.24, 2.45) is 22.7 Å². The zero-order valence-electron chi connectivity index (χ0n) is 14.7. The van der Waals surface area contributed by atoms with Gasteiger partial charge in [-0.15, -0.1) is 0 Å². The van der Waals surface area contributed by atoms with Crippen LogP contribution in [0.5, 0.6) is 0 Å². The molecule has 0 bridgehead atoms. The molecule has 0 aliphatic heterocycles. The minimum absolute atomic E-state index is 0.179. The summed E-state index contributed by atoms with van der Waals surface area (Å²) in [5, 5.41) is 9.04. The van der Waals surface area contributed by atoms with Crippen molar-refractivity contribution in [3.8, 4) is 0 Å². The van der Waals surface area contributed by atoms with Crippen LogP contribution in [-0.4, -0.2) is 11.7 Å². The second-order valence-corrected chi connectivity index (χ2v) is 8.41. The molecule has 21 heavy (non-hydrogen) atoms. The summed E-state index contributed by atoms with van der Waals surface area (Å²) in [5.74, 6) is 1.55. The lowest BCUT2D eigenvalue weighted by Crippen LogP contribution is -2.48. The molecule has 1 heteroatoms. The normalized spacial score (nSPS) is 36.1. The lowest BCUT2D eigenvalue weighted by atomic mass is 9.48. The van der Waals surface area contributed by atoms with Crippen molar-refractivity contribution >= 4 is 0 Å². The van der Waals surface area contributed by atoms with E-state index in [0.29, 0.717) is 10.8 Å². The Labute approximate surface area is 131 Å². The van der Waals surface area contributed by atoms with Gasteiger partial charge in [0.25, 0.3) is 0 Å². The first-order valence-corrected chi connectivity index (χ1v) is 8.74. The van der Waals surface area contributed by atoms with E-state index in [1.165, 1.54) is 37.7 Å². The number of fused-ring (bicyclic) bond motifs is 1. The van der Waals surface area contributed by atoms with E-state index in [-0.39, 0.29) is 6.61 Å². The van der Waals surface area contributed by atoms with Gasteiger partial charge in [0.05, 0.1) is 6.61 Å². The highest BCUT2D eigenvalue weighted by atomic mass is 16.2. The lowest BCUT2D eigenvalue weighted by molar-refractivity contribution is -0.0390. The van der Waals surface area contributed by atoms with Gasteiger partial charge in [-0.1, -0.05) is 50.5 Å². The number of hydrogen-bond donors (Lipinski definition) is 1. The zero-order chi connectivity index (χ0) is 15.7. The average molecular weight is 290 g/mol. The quantitative estimate of drug-likeness (QED) is 0.677. The van der Waals surface area contributed by atoms with E-state index in [2.05, 4.69) is 40.7 Å². The first kappa shape index (κ1) is 16.8. The van der Waals surface area contributed by atoms with Crippen molar-refractivity contribution in [1.82, 2.24) is 0 Å². The molecule has 1 N–H and O–H groups in total. The average Bonchev–Trinajstić information content (AvgIpc) is 2.37. The molecule has 3 atom stereocenters. The second kappa shape index (κ2) is 6.28. The lowest BCUT2D eigenvalue weighted by Gasteiger charge is -2.57. The maximum atomic E-state index is 9.04. The van der Waals surface area contributed by atoms with Crippen LogP contribution in [-0.2, 0) is 0 Å². The van der Waals surface area contributed by atoms with Crippen LogP contribution in [0.25, 0.3) is 0 Å². The molecule has 2 rings (SSSR count). The number of aliphatic hydroxyl groups excluding tert-OH is 1. The maximum Gasteiger partial charge on any atom is 0.0614 e. The second-order valence-electron chi connectivity index (χ2n) is 8.41. The maximum absolute atomic E-state index is 9.04. The minimum atomic E-state index is 0.179. The van der Waals surface area contributed by atoms with E-state index in [4.69, 9.17) is 5.11 Å². The van der Waals surface area contributed by atoms with Gasteiger partial charge in [0.15, 0.2) is 0 Å². The largest absolute Gasteiger partial charge is 0.392 e. The predicted octanol–water partition coefficient (Wildman–Crippen LogP) is 5.50. The van der Waals surface area contributed by atoms with Crippen LogP contribution in [0.3, 0.4) is 0 Å². The van der Waals surface area contributed by atoms with Gasteiger partial charge < -0.3 is 5.11 Å². The standard InChI is InChI=1S/C20H34O/c1-15(11-14-21)7-9-17-16(2)8-10-18-19(3,4)12-6-13-20(17,18)5/h8,11,17-18,21H,6-7,9-10,12-14H2,1-5H3. The first-order valence-electron chi connectivity index (χ1n) is 8.74. The molecule has 1 fully saturated rings. The molecule has 1 saturated carbocycles. The Balaban J connectivity index is 2.20. The highest BCUT2D eigenvalue weighted by molar-refractivity contribution is 5.18. The van der Waals surface area contributed by atoms with E-state index >= 15 is 0 Å². The molecule has 2 aliphatic rings. The zero-order valence-corrected chi connectivity index (χ0v) is 14.7. The summed E-state index contributed by atoms with van der Waals surface area (Å²) in [4.78, 5) is 0. The summed E-state index contributed by atoms with van der Waals surface area (Å²) in [5.41, 5.74) is 3.91. The minimum Gasteiger partial charge on any atom is -0.392 e. The number of hydrogen-bond acceptors (Lipinski definition) is 1. The van der Waals surface area contributed by atoms with Crippen LogP contribution in [0.2, 0.25) is 0 Å². The molecule has 0 saturated heterocycles. The van der Waals surface area contributed by atoms with Crippen LogP contribution in [0.4, 0.5) is 0 Å². The summed E-state index contributed by atoms with van der Waals surface area (Å²) < 4.78 is 0. The van der Waals surface area contributed by atoms with Gasteiger partial charge in [-0.2, -0.15) is 0 Å². The van der Waals surface area contributed by atoms with Gasteiger partial charge >= 0.3 is 0 Å². The van der Waals surface area contributed by atoms with Crippen molar-refractivity contribution in [3.63, 3.8) is 0 Å². The Morgan fingerprint density at radius 2 is 2.05 bits per heavy atom. The summed E-state index contributed by atoms with van der Waals surface area (Å²) in [6.45, 7) is 12.2. The van der Waals surface area contributed by atoms with E-state index in [1.807, 2.05) is 6.08 Å². The van der Waals surface area contributed by atoms with Crippen molar-refractivity contribution in [2.75, 3.05) is 6.61 Å². The molecule has 0 amide bonds. The van der Waals surface area contributed by atoms with Gasteiger partial charge in [-0.25, -0.2) is 0 Å². The third-order valence-electron chi connectivity index (χ3n) is 6.56. The molecule has 0 radical (unpaired) electrons. The monoisotopic (exact) mass is 290 g/mol. The Hall–Kier alpha value is -0.560.